The third-order valence-electron chi connectivity index (χ3n) is 6.06. The number of benzene rings is 1. The first kappa shape index (κ1) is 22.1. The SMILES string of the molecule is COC(=O)CCc1c(C)nn(-c2ccc(C(=O)NC3CCCCCCC3)cc2)c1C. The Morgan fingerprint density at radius 2 is 1.70 bits per heavy atom. The van der Waals surface area contributed by atoms with Gasteiger partial charge in [-0.1, -0.05) is 32.1 Å². The van der Waals surface area contributed by atoms with Crippen molar-refractivity contribution in [3.05, 3.63) is 46.8 Å². The number of rotatable bonds is 6. The minimum absolute atomic E-state index is 0.000687. The number of hydrogen-bond acceptors (Lipinski definition) is 4. The number of methoxy groups -OCH3 is 1. The number of amides is 1. The Labute approximate surface area is 179 Å². The number of ether oxygens (including phenoxy) is 1. The van der Waals surface area contributed by atoms with Crippen LogP contribution >= 0.6 is 0 Å². The third kappa shape index (κ3) is 5.49. The largest absolute Gasteiger partial charge is 0.469 e. The topological polar surface area (TPSA) is 73.2 Å². The first-order valence-electron chi connectivity index (χ1n) is 11.0. The van der Waals surface area contributed by atoms with Crippen molar-refractivity contribution in [3.8, 4) is 5.69 Å². The van der Waals surface area contributed by atoms with Crippen molar-refractivity contribution in [1.82, 2.24) is 15.1 Å². The van der Waals surface area contributed by atoms with E-state index in [0.717, 1.165) is 35.5 Å². The molecule has 1 fully saturated rings. The van der Waals surface area contributed by atoms with Gasteiger partial charge in [-0.05, 0) is 62.9 Å². The number of carbonyl (C=O) groups is 2. The van der Waals surface area contributed by atoms with Gasteiger partial charge < -0.3 is 10.1 Å². The standard InChI is InChI=1S/C24H33N3O3/c1-17-22(15-16-23(28)30-3)18(2)27(26-17)21-13-11-19(12-14-21)24(29)25-20-9-7-5-4-6-8-10-20/h11-14,20H,4-10,15-16H2,1-3H3,(H,25,29). The molecular weight excluding hydrogens is 378 g/mol. The van der Waals surface area contributed by atoms with E-state index in [0.29, 0.717) is 18.4 Å². The first-order chi connectivity index (χ1) is 14.5. The second-order valence-corrected chi connectivity index (χ2v) is 8.20. The molecule has 1 aromatic heterocycles. The predicted molar refractivity (Wildman–Crippen MR) is 117 cm³/mol. The molecule has 1 aromatic carbocycles. The molecule has 6 heteroatoms. The molecule has 0 atom stereocenters. The van der Waals surface area contributed by atoms with E-state index in [1.165, 1.54) is 39.2 Å². The van der Waals surface area contributed by atoms with Gasteiger partial charge in [-0.25, -0.2) is 4.68 Å². The summed E-state index contributed by atoms with van der Waals surface area (Å²) < 4.78 is 6.62. The van der Waals surface area contributed by atoms with E-state index in [4.69, 9.17) is 4.74 Å². The van der Waals surface area contributed by atoms with E-state index < -0.39 is 0 Å². The van der Waals surface area contributed by atoms with Crippen LogP contribution in [0.15, 0.2) is 24.3 Å². The molecule has 1 aliphatic carbocycles. The van der Waals surface area contributed by atoms with E-state index in [1.807, 2.05) is 42.8 Å². The van der Waals surface area contributed by atoms with Crippen molar-refractivity contribution in [2.75, 3.05) is 7.11 Å². The summed E-state index contributed by atoms with van der Waals surface area (Å²) in [5.41, 5.74) is 4.55. The highest BCUT2D eigenvalue weighted by molar-refractivity contribution is 5.94. The molecule has 6 nitrogen and oxygen atoms in total. The lowest BCUT2D eigenvalue weighted by Crippen LogP contribution is -2.35. The lowest BCUT2D eigenvalue weighted by Gasteiger charge is -2.21. The summed E-state index contributed by atoms with van der Waals surface area (Å²) in [7, 11) is 1.40. The van der Waals surface area contributed by atoms with Gasteiger partial charge in [0.1, 0.15) is 0 Å². The normalized spacial score (nSPS) is 15.3. The monoisotopic (exact) mass is 411 g/mol. The minimum atomic E-state index is -0.221. The van der Waals surface area contributed by atoms with Gasteiger partial charge in [-0.2, -0.15) is 5.10 Å². The number of aryl methyl sites for hydroxylation is 1. The van der Waals surface area contributed by atoms with Crippen molar-refractivity contribution in [2.24, 2.45) is 0 Å². The van der Waals surface area contributed by atoms with Crippen LogP contribution in [-0.4, -0.2) is 34.8 Å². The van der Waals surface area contributed by atoms with Gasteiger partial charge in [0, 0.05) is 23.7 Å². The van der Waals surface area contributed by atoms with Crippen LogP contribution in [0.2, 0.25) is 0 Å². The number of carbonyl (C=O) groups excluding carboxylic acids is 2. The zero-order valence-electron chi connectivity index (χ0n) is 18.4. The molecule has 162 valence electrons. The molecule has 1 amide bonds. The Kier molecular flexibility index (Phi) is 7.66. The van der Waals surface area contributed by atoms with Crippen molar-refractivity contribution < 1.29 is 14.3 Å². The molecule has 3 rings (SSSR count). The minimum Gasteiger partial charge on any atom is -0.469 e. The van der Waals surface area contributed by atoms with E-state index >= 15 is 0 Å². The van der Waals surface area contributed by atoms with E-state index in [9.17, 15) is 9.59 Å². The molecule has 1 saturated carbocycles. The summed E-state index contributed by atoms with van der Waals surface area (Å²) in [5.74, 6) is -0.222. The Hall–Kier alpha value is -2.63. The van der Waals surface area contributed by atoms with Gasteiger partial charge in [0.2, 0.25) is 0 Å². The number of esters is 1. The van der Waals surface area contributed by atoms with Crippen LogP contribution in [0.1, 0.15) is 78.7 Å². The molecule has 1 heterocycles. The highest BCUT2D eigenvalue weighted by Gasteiger charge is 2.17. The fraction of sp³-hybridized carbons (Fsp3) is 0.542. The van der Waals surface area contributed by atoms with Crippen molar-refractivity contribution >= 4 is 11.9 Å². The first-order valence-corrected chi connectivity index (χ1v) is 11.0. The van der Waals surface area contributed by atoms with Crippen molar-refractivity contribution in [3.63, 3.8) is 0 Å². The summed E-state index contributed by atoms with van der Waals surface area (Å²) in [5, 5.41) is 7.85. The molecule has 0 spiro atoms. The highest BCUT2D eigenvalue weighted by atomic mass is 16.5. The quantitative estimate of drug-likeness (QED) is 0.714. The van der Waals surface area contributed by atoms with Gasteiger partial charge in [-0.3, -0.25) is 9.59 Å². The van der Waals surface area contributed by atoms with Crippen LogP contribution in [-0.2, 0) is 16.0 Å². The Bertz CT molecular complexity index is 863. The lowest BCUT2D eigenvalue weighted by molar-refractivity contribution is -0.140. The van der Waals surface area contributed by atoms with Crippen molar-refractivity contribution in [1.29, 1.82) is 0 Å². The third-order valence-corrected chi connectivity index (χ3v) is 6.06. The smallest absolute Gasteiger partial charge is 0.305 e. The van der Waals surface area contributed by atoms with Gasteiger partial charge in [-0.15, -0.1) is 0 Å². The number of hydrogen-bond donors (Lipinski definition) is 1. The van der Waals surface area contributed by atoms with E-state index in [-0.39, 0.29) is 17.9 Å². The summed E-state index contributed by atoms with van der Waals surface area (Å²) in [6, 6.07) is 7.86. The Morgan fingerprint density at radius 3 is 2.33 bits per heavy atom. The van der Waals surface area contributed by atoms with Crippen LogP contribution in [0.3, 0.4) is 0 Å². The zero-order valence-corrected chi connectivity index (χ0v) is 18.4. The molecule has 0 bridgehead atoms. The average molecular weight is 412 g/mol. The van der Waals surface area contributed by atoms with Crippen LogP contribution in [0, 0.1) is 13.8 Å². The summed E-state index contributed by atoms with van der Waals surface area (Å²) in [4.78, 5) is 24.2. The van der Waals surface area contributed by atoms with Gasteiger partial charge in [0.05, 0.1) is 18.5 Å². The Morgan fingerprint density at radius 1 is 1.07 bits per heavy atom. The molecule has 1 aliphatic rings. The second kappa shape index (κ2) is 10.4. The molecule has 2 aromatic rings. The van der Waals surface area contributed by atoms with Crippen LogP contribution in [0.5, 0.6) is 0 Å². The molecular formula is C24H33N3O3. The molecule has 0 saturated heterocycles. The Balaban J connectivity index is 1.67. The fourth-order valence-electron chi connectivity index (χ4n) is 4.24. The second-order valence-electron chi connectivity index (χ2n) is 8.20. The van der Waals surface area contributed by atoms with Crippen LogP contribution in [0.4, 0.5) is 0 Å². The fourth-order valence-corrected chi connectivity index (χ4v) is 4.24. The summed E-state index contributed by atoms with van der Waals surface area (Å²) in [6.07, 6.45) is 9.33. The van der Waals surface area contributed by atoms with E-state index in [1.54, 1.807) is 0 Å². The molecule has 0 aliphatic heterocycles. The maximum Gasteiger partial charge on any atom is 0.305 e. The predicted octanol–water partition coefficient (Wildman–Crippen LogP) is 4.44. The van der Waals surface area contributed by atoms with Crippen LogP contribution in [0.25, 0.3) is 5.69 Å². The average Bonchev–Trinajstić information content (AvgIpc) is 3.01. The van der Waals surface area contributed by atoms with Crippen molar-refractivity contribution in [2.45, 2.75) is 77.7 Å². The highest BCUT2D eigenvalue weighted by Crippen LogP contribution is 2.21. The zero-order chi connectivity index (χ0) is 21.5. The molecule has 0 unspecified atom stereocenters. The van der Waals surface area contributed by atoms with Gasteiger partial charge >= 0.3 is 5.97 Å². The number of aromatic nitrogens is 2. The lowest BCUT2D eigenvalue weighted by atomic mass is 9.96. The molecule has 30 heavy (non-hydrogen) atoms. The van der Waals surface area contributed by atoms with Crippen LogP contribution < -0.4 is 5.32 Å². The summed E-state index contributed by atoms with van der Waals surface area (Å²) >= 11 is 0. The van der Waals surface area contributed by atoms with E-state index in [2.05, 4.69) is 10.4 Å². The number of nitrogens with zero attached hydrogens (tertiary/aromatic N) is 2. The maximum absolute atomic E-state index is 12.7. The molecule has 0 radical (unpaired) electrons. The van der Waals surface area contributed by atoms with Gasteiger partial charge in [0.15, 0.2) is 0 Å². The maximum atomic E-state index is 12.7. The number of nitrogens with one attached hydrogen (secondary N) is 1. The summed E-state index contributed by atoms with van der Waals surface area (Å²) in [6.45, 7) is 3.95. The van der Waals surface area contributed by atoms with Gasteiger partial charge in [0.25, 0.3) is 5.91 Å². The molecule has 1 N–H and O–H groups in total.